The van der Waals surface area contributed by atoms with E-state index in [1.807, 2.05) is 29.2 Å². The number of nitrogens with zero attached hydrogens (tertiary/aromatic N) is 3. The summed E-state index contributed by atoms with van der Waals surface area (Å²) in [5.41, 5.74) is 1.02. The number of benzene rings is 1. The summed E-state index contributed by atoms with van der Waals surface area (Å²) in [5.74, 6) is 0.449. The molecule has 4 rings (SSSR count). The smallest absolute Gasteiger partial charge is 0.231 e. The molecular formula is C20H24N4O3S. The van der Waals surface area contributed by atoms with Crippen LogP contribution in [0.2, 0.25) is 0 Å². The number of carbonyl (C=O) groups excluding carboxylic acids is 2. The number of rotatable bonds is 6. The van der Waals surface area contributed by atoms with Crippen LogP contribution in [0, 0.1) is 5.92 Å². The zero-order chi connectivity index (χ0) is 19.5. The van der Waals surface area contributed by atoms with Crippen molar-refractivity contribution in [2.45, 2.75) is 44.6 Å². The molecule has 1 saturated heterocycles. The molecule has 8 heteroatoms. The highest BCUT2D eigenvalue weighted by Gasteiger charge is 2.38. The Kier molecular flexibility index (Phi) is 5.57. The molecule has 2 aromatic rings. The van der Waals surface area contributed by atoms with Crippen molar-refractivity contribution in [3.63, 3.8) is 0 Å². The van der Waals surface area contributed by atoms with Gasteiger partial charge in [0.15, 0.2) is 0 Å². The molecule has 28 heavy (non-hydrogen) atoms. The second-order valence-corrected chi connectivity index (χ2v) is 8.43. The molecule has 1 aromatic carbocycles. The summed E-state index contributed by atoms with van der Waals surface area (Å²) in [6.07, 6.45) is 5.34. The van der Waals surface area contributed by atoms with Crippen LogP contribution in [0.3, 0.4) is 0 Å². The van der Waals surface area contributed by atoms with Gasteiger partial charge in [-0.05, 0) is 18.9 Å². The van der Waals surface area contributed by atoms with Gasteiger partial charge in [0.25, 0.3) is 0 Å². The van der Waals surface area contributed by atoms with Crippen molar-refractivity contribution in [3.8, 4) is 5.75 Å². The SMILES string of the molecule is COc1ccccc1Cc1nnc(NC(=O)C2CC(=O)N(C3CCCC3)C2)s1. The van der Waals surface area contributed by atoms with Gasteiger partial charge in [-0.3, -0.25) is 9.59 Å². The summed E-state index contributed by atoms with van der Waals surface area (Å²) in [7, 11) is 1.64. The molecule has 1 saturated carbocycles. The molecular weight excluding hydrogens is 376 g/mol. The number of carbonyl (C=O) groups is 2. The number of nitrogens with one attached hydrogen (secondary N) is 1. The maximum Gasteiger partial charge on any atom is 0.231 e. The van der Waals surface area contributed by atoms with Crippen molar-refractivity contribution < 1.29 is 14.3 Å². The van der Waals surface area contributed by atoms with Crippen molar-refractivity contribution in [1.82, 2.24) is 15.1 Å². The predicted molar refractivity (Wildman–Crippen MR) is 106 cm³/mol. The van der Waals surface area contributed by atoms with E-state index < -0.39 is 0 Å². The normalized spacial score (nSPS) is 20.0. The Morgan fingerprint density at radius 1 is 1.29 bits per heavy atom. The Hall–Kier alpha value is -2.48. The zero-order valence-electron chi connectivity index (χ0n) is 15.9. The number of ether oxygens (including phenoxy) is 1. The topological polar surface area (TPSA) is 84.4 Å². The minimum Gasteiger partial charge on any atom is -0.496 e. The van der Waals surface area contributed by atoms with E-state index in [4.69, 9.17) is 4.74 Å². The van der Waals surface area contributed by atoms with E-state index in [0.29, 0.717) is 24.1 Å². The Morgan fingerprint density at radius 2 is 2.07 bits per heavy atom. The molecule has 148 valence electrons. The lowest BCUT2D eigenvalue weighted by Crippen LogP contribution is -2.35. The summed E-state index contributed by atoms with van der Waals surface area (Å²) in [4.78, 5) is 26.8. The van der Waals surface area contributed by atoms with Crippen LogP contribution in [-0.2, 0) is 16.0 Å². The van der Waals surface area contributed by atoms with E-state index in [1.165, 1.54) is 24.2 Å². The summed E-state index contributed by atoms with van der Waals surface area (Å²) in [6.45, 7) is 0.516. The van der Waals surface area contributed by atoms with Gasteiger partial charge in [0.2, 0.25) is 16.9 Å². The van der Waals surface area contributed by atoms with Crippen LogP contribution in [0.1, 0.15) is 42.7 Å². The van der Waals surface area contributed by atoms with Crippen molar-refractivity contribution >= 4 is 28.3 Å². The molecule has 2 heterocycles. The molecule has 1 N–H and O–H groups in total. The second kappa shape index (κ2) is 8.26. The Labute approximate surface area is 168 Å². The molecule has 0 bridgehead atoms. The number of anilines is 1. The maximum atomic E-state index is 12.6. The largest absolute Gasteiger partial charge is 0.496 e. The molecule has 1 atom stereocenters. The zero-order valence-corrected chi connectivity index (χ0v) is 16.7. The molecule has 0 spiro atoms. The number of para-hydroxylation sites is 1. The van der Waals surface area contributed by atoms with Crippen molar-refractivity contribution in [1.29, 1.82) is 0 Å². The lowest BCUT2D eigenvalue weighted by Gasteiger charge is -2.23. The molecule has 2 fully saturated rings. The highest BCUT2D eigenvalue weighted by molar-refractivity contribution is 7.15. The Bertz CT molecular complexity index is 863. The van der Waals surface area contributed by atoms with E-state index in [1.54, 1.807) is 7.11 Å². The molecule has 1 aliphatic carbocycles. The first-order chi connectivity index (χ1) is 13.6. The number of amides is 2. The van der Waals surface area contributed by atoms with Gasteiger partial charge in [-0.2, -0.15) is 0 Å². The van der Waals surface area contributed by atoms with Gasteiger partial charge < -0.3 is 15.0 Å². The van der Waals surface area contributed by atoms with Gasteiger partial charge in [0.1, 0.15) is 10.8 Å². The summed E-state index contributed by atoms with van der Waals surface area (Å²) < 4.78 is 5.37. The fourth-order valence-corrected chi connectivity index (χ4v) is 4.84. The molecule has 7 nitrogen and oxygen atoms in total. The fraction of sp³-hybridized carbons (Fsp3) is 0.500. The minimum atomic E-state index is -0.310. The Balaban J connectivity index is 1.36. The minimum absolute atomic E-state index is 0.0983. The summed E-state index contributed by atoms with van der Waals surface area (Å²) in [5, 5.41) is 12.4. The number of likely N-dealkylation sites (tertiary alicyclic amines) is 1. The number of methoxy groups -OCH3 is 1. The molecule has 2 amide bonds. The van der Waals surface area contributed by atoms with Crippen molar-refractivity contribution in [2.75, 3.05) is 19.0 Å². The molecule has 2 aliphatic rings. The fourth-order valence-electron chi connectivity index (χ4n) is 4.07. The van der Waals surface area contributed by atoms with E-state index >= 15 is 0 Å². The average Bonchev–Trinajstić information content (AvgIpc) is 3.43. The van der Waals surface area contributed by atoms with Gasteiger partial charge in [0.05, 0.1) is 13.0 Å². The van der Waals surface area contributed by atoms with E-state index in [2.05, 4.69) is 15.5 Å². The van der Waals surface area contributed by atoms with Crippen molar-refractivity contribution in [3.05, 3.63) is 34.8 Å². The number of hydrogen-bond donors (Lipinski definition) is 1. The average molecular weight is 401 g/mol. The standard InChI is InChI=1S/C20H24N4O3S/c1-27-16-9-5-2-6-13(16)10-17-22-23-20(28-17)21-19(26)14-11-18(25)24(12-14)15-7-3-4-8-15/h2,5-6,9,14-15H,3-4,7-8,10-12H2,1H3,(H,21,23,26). The first kappa shape index (κ1) is 18.9. The quantitative estimate of drug-likeness (QED) is 0.806. The third-order valence-electron chi connectivity index (χ3n) is 5.53. The third-order valence-corrected chi connectivity index (χ3v) is 6.36. The van der Waals surface area contributed by atoms with Crippen molar-refractivity contribution in [2.24, 2.45) is 5.92 Å². The van der Waals surface area contributed by atoms with Crippen LogP contribution in [0.15, 0.2) is 24.3 Å². The second-order valence-electron chi connectivity index (χ2n) is 7.36. The molecule has 1 aromatic heterocycles. The van der Waals surface area contributed by atoms with Gasteiger partial charge in [-0.15, -0.1) is 10.2 Å². The van der Waals surface area contributed by atoms with Gasteiger partial charge in [-0.25, -0.2) is 0 Å². The van der Waals surface area contributed by atoms with Crippen LogP contribution < -0.4 is 10.1 Å². The monoisotopic (exact) mass is 400 g/mol. The van der Waals surface area contributed by atoms with Crippen LogP contribution in [0.4, 0.5) is 5.13 Å². The van der Waals surface area contributed by atoms with Gasteiger partial charge >= 0.3 is 0 Å². The number of hydrogen-bond acceptors (Lipinski definition) is 6. The van der Waals surface area contributed by atoms with E-state index in [-0.39, 0.29) is 24.2 Å². The van der Waals surface area contributed by atoms with E-state index in [9.17, 15) is 9.59 Å². The lowest BCUT2D eigenvalue weighted by molar-refractivity contribution is -0.129. The van der Waals surface area contributed by atoms with E-state index in [0.717, 1.165) is 29.2 Å². The molecule has 1 aliphatic heterocycles. The summed E-state index contributed by atoms with van der Waals surface area (Å²) in [6, 6.07) is 8.09. The first-order valence-corrected chi connectivity index (χ1v) is 10.5. The lowest BCUT2D eigenvalue weighted by atomic mass is 10.1. The predicted octanol–water partition coefficient (Wildman–Crippen LogP) is 2.87. The van der Waals surface area contributed by atoms with Gasteiger partial charge in [0, 0.05) is 31.0 Å². The Morgan fingerprint density at radius 3 is 2.86 bits per heavy atom. The van der Waals surface area contributed by atoms with Crippen LogP contribution in [-0.4, -0.2) is 46.6 Å². The van der Waals surface area contributed by atoms with Crippen LogP contribution in [0.5, 0.6) is 5.75 Å². The molecule has 1 unspecified atom stereocenters. The highest BCUT2D eigenvalue weighted by Crippen LogP contribution is 2.30. The number of aromatic nitrogens is 2. The molecule has 0 radical (unpaired) electrons. The first-order valence-electron chi connectivity index (χ1n) is 9.68. The van der Waals surface area contributed by atoms with Gasteiger partial charge in [-0.1, -0.05) is 42.4 Å². The maximum absolute atomic E-state index is 12.6. The van der Waals surface area contributed by atoms with Crippen LogP contribution in [0.25, 0.3) is 0 Å². The van der Waals surface area contributed by atoms with Crippen LogP contribution >= 0.6 is 11.3 Å². The third kappa shape index (κ3) is 4.01. The summed E-state index contributed by atoms with van der Waals surface area (Å²) >= 11 is 1.35. The highest BCUT2D eigenvalue weighted by atomic mass is 32.1.